The molecule has 0 aliphatic carbocycles. The molecule has 0 aromatic rings. The highest BCUT2D eigenvalue weighted by atomic mass is 16.4. The van der Waals surface area contributed by atoms with Gasteiger partial charge in [-0.15, -0.1) is 0 Å². The van der Waals surface area contributed by atoms with E-state index >= 15 is 0 Å². The molecule has 0 aromatic heterocycles. The highest BCUT2D eigenvalue weighted by molar-refractivity contribution is 5.85. The molecule has 0 radical (unpaired) electrons. The normalized spacial score (nSPS) is 27.8. The second-order valence-electron chi connectivity index (χ2n) is 4.04. The van der Waals surface area contributed by atoms with E-state index in [0.29, 0.717) is 6.42 Å². The van der Waals surface area contributed by atoms with Gasteiger partial charge in [-0.05, 0) is 6.42 Å². The molecule has 1 aliphatic heterocycles. The molecule has 1 rings (SSSR count). The van der Waals surface area contributed by atoms with Crippen LogP contribution in [0.25, 0.3) is 0 Å². The molecular formula is C10H17NO4. The Bertz CT molecular complexity index is 266. The molecule has 15 heavy (non-hydrogen) atoms. The zero-order valence-electron chi connectivity index (χ0n) is 9.01. The van der Waals surface area contributed by atoms with E-state index in [4.69, 9.17) is 5.11 Å². The Morgan fingerprint density at radius 3 is 2.60 bits per heavy atom. The average Bonchev–Trinajstić information content (AvgIpc) is 2.58. The third-order valence-electron chi connectivity index (χ3n) is 2.88. The van der Waals surface area contributed by atoms with E-state index in [9.17, 15) is 14.7 Å². The van der Waals surface area contributed by atoms with E-state index in [2.05, 4.69) is 0 Å². The number of carbonyl (C=O) groups is 2. The summed E-state index contributed by atoms with van der Waals surface area (Å²) in [6, 6.07) is -0.860. The van der Waals surface area contributed by atoms with Crippen molar-refractivity contribution in [1.29, 1.82) is 0 Å². The number of hydrogen-bond acceptors (Lipinski definition) is 3. The Morgan fingerprint density at radius 1 is 1.53 bits per heavy atom. The van der Waals surface area contributed by atoms with Crippen molar-refractivity contribution in [2.45, 2.75) is 38.8 Å². The van der Waals surface area contributed by atoms with Crippen molar-refractivity contribution in [2.24, 2.45) is 5.92 Å². The predicted molar refractivity (Wildman–Crippen MR) is 53.2 cm³/mol. The van der Waals surface area contributed by atoms with Crippen LogP contribution in [0.3, 0.4) is 0 Å². The van der Waals surface area contributed by atoms with Gasteiger partial charge in [-0.3, -0.25) is 4.79 Å². The van der Waals surface area contributed by atoms with E-state index in [1.807, 2.05) is 6.92 Å². The van der Waals surface area contributed by atoms with Crippen molar-refractivity contribution in [3.05, 3.63) is 0 Å². The summed E-state index contributed by atoms with van der Waals surface area (Å²) in [6.07, 6.45) is 0.106. The molecule has 0 aromatic carbocycles. The molecule has 5 nitrogen and oxygen atoms in total. The minimum Gasteiger partial charge on any atom is -0.480 e. The van der Waals surface area contributed by atoms with Gasteiger partial charge in [0.15, 0.2) is 0 Å². The monoisotopic (exact) mass is 215 g/mol. The highest BCUT2D eigenvalue weighted by Crippen LogP contribution is 2.21. The quantitative estimate of drug-likeness (QED) is 0.698. The number of aliphatic hydroxyl groups is 1. The van der Waals surface area contributed by atoms with E-state index in [1.165, 1.54) is 4.90 Å². The second-order valence-corrected chi connectivity index (χ2v) is 4.04. The van der Waals surface area contributed by atoms with Crippen LogP contribution in [0.1, 0.15) is 26.7 Å². The second kappa shape index (κ2) is 4.61. The maximum Gasteiger partial charge on any atom is 0.326 e. The van der Waals surface area contributed by atoms with Gasteiger partial charge in [-0.2, -0.15) is 0 Å². The zero-order chi connectivity index (χ0) is 11.6. The Hall–Kier alpha value is -1.10. The van der Waals surface area contributed by atoms with Crippen LogP contribution in [-0.2, 0) is 9.59 Å². The summed E-state index contributed by atoms with van der Waals surface area (Å²) < 4.78 is 0. The van der Waals surface area contributed by atoms with Crippen molar-refractivity contribution in [3.63, 3.8) is 0 Å². The number of nitrogens with zero attached hydrogens (tertiary/aromatic N) is 1. The summed E-state index contributed by atoms with van der Waals surface area (Å²) in [6.45, 7) is 3.79. The van der Waals surface area contributed by atoms with Gasteiger partial charge in [-0.25, -0.2) is 4.79 Å². The van der Waals surface area contributed by atoms with Crippen LogP contribution >= 0.6 is 0 Å². The summed E-state index contributed by atoms with van der Waals surface area (Å²) in [7, 11) is 0. The van der Waals surface area contributed by atoms with Gasteiger partial charge < -0.3 is 15.1 Å². The van der Waals surface area contributed by atoms with Crippen LogP contribution in [-0.4, -0.2) is 45.7 Å². The molecule has 1 unspecified atom stereocenters. The van der Waals surface area contributed by atoms with E-state index in [1.54, 1.807) is 6.92 Å². The van der Waals surface area contributed by atoms with Gasteiger partial charge in [-0.1, -0.05) is 13.8 Å². The third kappa shape index (κ3) is 2.47. The smallest absolute Gasteiger partial charge is 0.326 e. The van der Waals surface area contributed by atoms with Crippen LogP contribution in [0.2, 0.25) is 0 Å². The van der Waals surface area contributed by atoms with Gasteiger partial charge in [0, 0.05) is 18.9 Å². The summed E-state index contributed by atoms with van der Waals surface area (Å²) in [4.78, 5) is 23.9. The number of rotatable bonds is 3. The van der Waals surface area contributed by atoms with Gasteiger partial charge in [0.05, 0.1) is 6.10 Å². The number of hydrogen-bond donors (Lipinski definition) is 2. The summed E-state index contributed by atoms with van der Waals surface area (Å²) in [5.74, 6) is -1.40. The molecule has 1 saturated heterocycles. The molecule has 2 N–H and O–H groups in total. The number of carbonyl (C=O) groups excluding carboxylic acids is 1. The molecule has 1 heterocycles. The molecule has 0 spiro atoms. The third-order valence-corrected chi connectivity index (χ3v) is 2.88. The Labute approximate surface area is 88.7 Å². The molecule has 86 valence electrons. The molecule has 1 fully saturated rings. The fourth-order valence-electron chi connectivity index (χ4n) is 1.75. The minimum atomic E-state index is -1.04. The lowest BCUT2D eigenvalue weighted by Crippen LogP contribution is -2.43. The largest absolute Gasteiger partial charge is 0.480 e. The summed E-state index contributed by atoms with van der Waals surface area (Å²) in [5.41, 5.74) is 0. The van der Waals surface area contributed by atoms with E-state index in [-0.39, 0.29) is 24.8 Å². The van der Waals surface area contributed by atoms with Crippen LogP contribution in [0.4, 0.5) is 0 Å². The molecule has 1 amide bonds. The molecule has 5 heteroatoms. The van der Waals surface area contributed by atoms with Crippen LogP contribution in [0.15, 0.2) is 0 Å². The number of carboxylic acids is 1. The van der Waals surface area contributed by atoms with Crippen molar-refractivity contribution in [3.8, 4) is 0 Å². The van der Waals surface area contributed by atoms with Gasteiger partial charge in [0.2, 0.25) is 5.91 Å². The average molecular weight is 215 g/mol. The Morgan fingerprint density at radius 2 is 2.13 bits per heavy atom. The summed E-state index contributed by atoms with van der Waals surface area (Å²) in [5, 5.41) is 18.3. The number of aliphatic hydroxyl groups excluding tert-OH is 1. The number of likely N-dealkylation sites (tertiary alicyclic amines) is 1. The number of amides is 1. The van der Waals surface area contributed by atoms with Crippen molar-refractivity contribution >= 4 is 11.9 Å². The van der Waals surface area contributed by atoms with Gasteiger partial charge in [0.25, 0.3) is 0 Å². The van der Waals surface area contributed by atoms with Crippen molar-refractivity contribution in [1.82, 2.24) is 4.90 Å². The first kappa shape index (κ1) is 12.0. The SMILES string of the molecule is CCC(C)C(=O)N1C[C@H](O)C[C@@H]1C(=O)O. The van der Waals surface area contributed by atoms with E-state index < -0.39 is 18.1 Å². The maximum atomic E-state index is 11.8. The Balaban J connectivity index is 2.75. The van der Waals surface area contributed by atoms with E-state index in [0.717, 1.165) is 0 Å². The lowest BCUT2D eigenvalue weighted by molar-refractivity contribution is -0.149. The lowest BCUT2D eigenvalue weighted by Gasteiger charge is -2.24. The molecule has 3 atom stereocenters. The fraction of sp³-hybridized carbons (Fsp3) is 0.800. The first-order valence-corrected chi connectivity index (χ1v) is 5.18. The predicted octanol–water partition coefficient (Wildman–Crippen LogP) is 0.0789. The maximum absolute atomic E-state index is 11.8. The molecular weight excluding hydrogens is 198 g/mol. The zero-order valence-corrected chi connectivity index (χ0v) is 9.01. The van der Waals surface area contributed by atoms with Gasteiger partial charge >= 0.3 is 5.97 Å². The number of carboxylic acid groups (broad SMARTS) is 1. The fourth-order valence-corrected chi connectivity index (χ4v) is 1.75. The summed E-state index contributed by atoms with van der Waals surface area (Å²) >= 11 is 0. The molecule has 0 saturated carbocycles. The van der Waals surface area contributed by atoms with Crippen LogP contribution in [0.5, 0.6) is 0 Å². The number of aliphatic carboxylic acids is 1. The molecule has 1 aliphatic rings. The van der Waals surface area contributed by atoms with Crippen molar-refractivity contribution in [2.75, 3.05) is 6.54 Å². The van der Waals surface area contributed by atoms with Crippen molar-refractivity contribution < 1.29 is 19.8 Å². The van der Waals surface area contributed by atoms with Gasteiger partial charge in [0.1, 0.15) is 6.04 Å². The topological polar surface area (TPSA) is 77.8 Å². The highest BCUT2D eigenvalue weighted by Gasteiger charge is 2.39. The van der Waals surface area contributed by atoms with Crippen LogP contribution in [0, 0.1) is 5.92 Å². The Kier molecular flexibility index (Phi) is 3.68. The first-order chi connectivity index (χ1) is 6.97. The lowest BCUT2D eigenvalue weighted by atomic mass is 10.1. The molecule has 0 bridgehead atoms. The van der Waals surface area contributed by atoms with Crippen LogP contribution < -0.4 is 0 Å². The minimum absolute atomic E-state index is 0.136. The standard InChI is InChI=1S/C10H17NO4/c1-3-6(2)9(13)11-5-7(12)4-8(11)10(14)15/h6-8,12H,3-5H2,1-2H3,(H,14,15)/t6?,7-,8-/m1/s1. The number of β-amino-alcohol motifs (C(OH)–C–C–N with tert-alkyl or cyclic N) is 1. The first-order valence-electron chi connectivity index (χ1n) is 5.18.